The highest BCUT2D eigenvalue weighted by molar-refractivity contribution is 7.13. The maximum absolute atomic E-state index is 13.1. The molecule has 9 heteroatoms. The molecule has 1 aromatic carbocycles. The van der Waals surface area contributed by atoms with Crippen molar-refractivity contribution in [2.24, 2.45) is 5.41 Å². The van der Waals surface area contributed by atoms with Crippen molar-refractivity contribution < 1.29 is 4.79 Å². The number of rotatable bonds is 5. The molecule has 0 bridgehead atoms. The van der Waals surface area contributed by atoms with Gasteiger partial charge in [0, 0.05) is 66.5 Å². The van der Waals surface area contributed by atoms with Crippen molar-refractivity contribution >= 4 is 34.7 Å². The fourth-order valence-electron chi connectivity index (χ4n) is 4.97. The Morgan fingerprint density at radius 3 is 2.85 bits per heavy atom. The minimum Gasteiger partial charge on any atom is -0.347 e. The zero-order valence-electron chi connectivity index (χ0n) is 19.6. The summed E-state index contributed by atoms with van der Waals surface area (Å²) in [7, 11) is 1.92. The Bertz CT molecular complexity index is 1210. The third-order valence-corrected chi connectivity index (χ3v) is 8.25. The van der Waals surface area contributed by atoms with Gasteiger partial charge in [0.2, 0.25) is 0 Å². The van der Waals surface area contributed by atoms with Crippen LogP contribution in [0.2, 0.25) is 5.02 Å². The Kier molecular flexibility index (Phi) is 6.22. The number of benzene rings is 1. The van der Waals surface area contributed by atoms with E-state index < -0.39 is 0 Å². The van der Waals surface area contributed by atoms with E-state index in [1.165, 1.54) is 4.68 Å². The van der Waals surface area contributed by atoms with E-state index in [9.17, 15) is 4.79 Å². The van der Waals surface area contributed by atoms with Gasteiger partial charge in [-0.2, -0.15) is 9.78 Å². The van der Waals surface area contributed by atoms with E-state index in [2.05, 4.69) is 33.7 Å². The molecule has 34 heavy (non-hydrogen) atoms. The molecule has 2 saturated heterocycles. The highest BCUT2D eigenvalue weighted by Crippen LogP contribution is 2.40. The summed E-state index contributed by atoms with van der Waals surface area (Å²) in [6, 6.07) is 6.18. The first-order valence-electron chi connectivity index (χ1n) is 11.5. The minimum atomic E-state index is -0.0579. The predicted molar refractivity (Wildman–Crippen MR) is 137 cm³/mol. The predicted octanol–water partition coefficient (Wildman–Crippen LogP) is 5.20. The van der Waals surface area contributed by atoms with Crippen molar-refractivity contribution in [1.82, 2.24) is 24.6 Å². The van der Waals surface area contributed by atoms with Gasteiger partial charge < -0.3 is 9.80 Å². The standard InChI is InChI=1S/C25H29ClN6OS/c1-18(2)29(3)21-13-28-32(15-21)24(33)31-10-7-25(17-31)6-9-30(16-25)14-20-5-4-19(12-22(20)26)23-27-8-11-34-23/h4-5,8,11-13,15H,1,6-7,9-10,14,16-17H2,2-3H3. The molecule has 3 aromatic rings. The Morgan fingerprint density at radius 2 is 2.12 bits per heavy atom. The van der Waals surface area contributed by atoms with Crippen LogP contribution in [0.1, 0.15) is 25.3 Å². The van der Waals surface area contributed by atoms with Gasteiger partial charge in [-0.25, -0.2) is 9.78 Å². The maximum Gasteiger partial charge on any atom is 0.344 e. The van der Waals surface area contributed by atoms with Gasteiger partial charge in [0.25, 0.3) is 0 Å². The number of carbonyl (C=O) groups excluding carboxylic acids is 1. The number of nitrogens with zero attached hydrogens (tertiary/aromatic N) is 6. The molecule has 178 valence electrons. The Balaban J connectivity index is 1.20. The van der Waals surface area contributed by atoms with Crippen LogP contribution < -0.4 is 4.90 Å². The second-order valence-electron chi connectivity index (χ2n) is 9.50. The second-order valence-corrected chi connectivity index (χ2v) is 10.8. The summed E-state index contributed by atoms with van der Waals surface area (Å²) in [4.78, 5) is 23.8. The van der Waals surface area contributed by atoms with Crippen LogP contribution in [0.25, 0.3) is 10.6 Å². The average Bonchev–Trinajstić information content (AvgIpc) is 3.63. The number of likely N-dealkylation sites (tertiary alicyclic amines) is 2. The van der Waals surface area contributed by atoms with Crippen LogP contribution in [0.5, 0.6) is 0 Å². The van der Waals surface area contributed by atoms with Crippen LogP contribution in [0.4, 0.5) is 10.5 Å². The zero-order valence-corrected chi connectivity index (χ0v) is 21.1. The topological polar surface area (TPSA) is 57.5 Å². The quantitative estimate of drug-likeness (QED) is 0.486. The largest absolute Gasteiger partial charge is 0.347 e. The number of amides is 1. The summed E-state index contributed by atoms with van der Waals surface area (Å²) in [5.41, 5.74) is 4.10. The van der Waals surface area contributed by atoms with Crippen molar-refractivity contribution in [3.63, 3.8) is 0 Å². The number of allylic oxidation sites excluding steroid dienone is 1. The number of halogens is 1. The molecule has 2 aliphatic heterocycles. The van der Waals surface area contributed by atoms with Gasteiger partial charge in [-0.05, 0) is 37.9 Å². The van der Waals surface area contributed by atoms with E-state index in [1.54, 1.807) is 23.7 Å². The molecule has 2 aromatic heterocycles. The van der Waals surface area contributed by atoms with Gasteiger partial charge in [-0.1, -0.05) is 30.3 Å². The Labute approximate surface area is 209 Å². The lowest BCUT2D eigenvalue weighted by Crippen LogP contribution is -2.36. The molecule has 1 amide bonds. The summed E-state index contributed by atoms with van der Waals surface area (Å²) in [5, 5.41) is 8.04. The number of carbonyl (C=O) groups is 1. The molecule has 0 N–H and O–H groups in total. The maximum atomic E-state index is 13.1. The van der Waals surface area contributed by atoms with Crippen LogP contribution in [0.15, 0.2) is 54.4 Å². The van der Waals surface area contributed by atoms with Gasteiger partial charge in [-0.15, -0.1) is 11.3 Å². The van der Waals surface area contributed by atoms with Crippen molar-refractivity contribution in [2.45, 2.75) is 26.3 Å². The van der Waals surface area contributed by atoms with Gasteiger partial charge in [0.05, 0.1) is 18.1 Å². The van der Waals surface area contributed by atoms with E-state index in [-0.39, 0.29) is 11.4 Å². The van der Waals surface area contributed by atoms with Crippen LogP contribution in [0.3, 0.4) is 0 Å². The van der Waals surface area contributed by atoms with E-state index in [0.29, 0.717) is 0 Å². The van der Waals surface area contributed by atoms with Crippen LogP contribution in [-0.2, 0) is 6.54 Å². The minimum absolute atomic E-state index is 0.0579. The number of thiazole rings is 1. The van der Waals surface area contributed by atoms with Crippen molar-refractivity contribution in [2.75, 3.05) is 38.1 Å². The first kappa shape index (κ1) is 23.1. The lowest BCUT2D eigenvalue weighted by Gasteiger charge is -2.25. The highest BCUT2D eigenvalue weighted by Gasteiger charge is 2.45. The van der Waals surface area contributed by atoms with E-state index in [4.69, 9.17) is 11.6 Å². The fourth-order valence-corrected chi connectivity index (χ4v) is 5.84. The average molecular weight is 497 g/mol. The smallest absolute Gasteiger partial charge is 0.344 e. The molecule has 2 fully saturated rings. The molecule has 7 nitrogen and oxygen atoms in total. The molecule has 1 spiro atoms. The van der Waals surface area contributed by atoms with Crippen LogP contribution >= 0.6 is 22.9 Å². The Morgan fingerprint density at radius 1 is 1.29 bits per heavy atom. The Hall–Kier alpha value is -2.68. The molecule has 2 aliphatic rings. The molecule has 0 radical (unpaired) electrons. The fraction of sp³-hybridized carbons (Fsp3) is 0.400. The summed E-state index contributed by atoms with van der Waals surface area (Å²) in [6.45, 7) is 10.2. The van der Waals surface area contributed by atoms with Crippen LogP contribution in [-0.4, -0.2) is 63.8 Å². The zero-order chi connectivity index (χ0) is 23.9. The molecule has 0 saturated carbocycles. The first-order valence-corrected chi connectivity index (χ1v) is 12.7. The second kappa shape index (κ2) is 9.17. The number of hydrogen-bond donors (Lipinski definition) is 0. The van der Waals surface area contributed by atoms with Gasteiger partial charge >= 0.3 is 6.03 Å². The molecule has 4 heterocycles. The van der Waals surface area contributed by atoms with E-state index >= 15 is 0 Å². The van der Waals surface area contributed by atoms with Crippen molar-refractivity contribution in [3.8, 4) is 10.6 Å². The van der Waals surface area contributed by atoms with Crippen molar-refractivity contribution in [3.05, 3.63) is 65.0 Å². The van der Waals surface area contributed by atoms with Gasteiger partial charge in [0.15, 0.2) is 0 Å². The lowest BCUT2D eigenvalue weighted by atomic mass is 9.86. The number of anilines is 1. The van der Waals surface area contributed by atoms with Gasteiger partial charge in [0.1, 0.15) is 5.01 Å². The SMILES string of the molecule is C=C(C)N(C)c1cnn(C(=O)N2CCC3(CCN(Cc4ccc(-c5nccs5)cc4Cl)C3)C2)c1. The monoisotopic (exact) mass is 496 g/mol. The third-order valence-electron chi connectivity index (χ3n) is 7.08. The van der Waals surface area contributed by atoms with E-state index in [1.807, 2.05) is 41.4 Å². The van der Waals surface area contributed by atoms with Crippen LogP contribution in [0, 0.1) is 5.41 Å². The molecule has 1 atom stereocenters. The molecule has 0 aliphatic carbocycles. The third kappa shape index (κ3) is 4.50. The highest BCUT2D eigenvalue weighted by atomic mass is 35.5. The number of aromatic nitrogens is 3. The normalized spacial score (nSPS) is 20.4. The lowest BCUT2D eigenvalue weighted by molar-refractivity contribution is 0.196. The number of hydrogen-bond acceptors (Lipinski definition) is 6. The molecular weight excluding hydrogens is 468 g/mol. The first-order chi connectivity index (χ1) is 16.3. The summed E-state index contributed by atoms with van der Waals surface area (Å²) in [6.07, 6.45) is 7.41. The summed E-state index contributed by atoms with van der Waals surface area (Å²) >= 11 is 8.25. The molecule has 5 rings (SSSR count). The summed E-state index contributed by atoms with van der Waals surface area (Å²) < 4.78 is 1.45. The molecular formula is C25H29ClN6OS. The van der Waals surface area contributed by atoms with E-state index in [0.717, 1.165) is 78.1 Å². The van der Waals surface area contributed by atoms with Gasteiger partial charge in [-0.3, -0.25) is 4.90 Å². The summed E-state index contributed by atoms with van der Waals surface area (Å²) in [5.74, 6) is 0. The molecule has 1 unspecified atom stereocenters. The van der Waals surface area contributed by atoms with Crippen molar-refractivity contribution in [1.29, 1.82) is 0 Å².